The van der Waals surface area contributed by atoms with Gasteiger partial charge in [0.15, 0.2) is 5.69 Å². The van der Waals surface area contributed by atoms with Crippen molar-refractivity contribution >= 4 is 11.9 Å². The van der Waals surface area contributed by atoms with Gasteiger partial charge < -0.3 is 10.4 Å². The Bertz CT molecular complexity index is 425. The van der Waals surface area contributed by atoms with Crippen LogP contribution < -0.4 is 5.32 Å². The molecule has 7 heteroatoms. The van der Waals surface area contributed by atoms with E-state index in [1.807, 2.05) is 13.8 Å². The smallest absolute Gasteiger partial charge is 0.358 e. The van der Waals surface area contributed by atoms with Crippen molar-refractivity contribution in [3.8, 4) is 0 Å². The fourth-order valence-electron chi connectivity index (χ4n) is 1.43. The van der Waals surface area contributed by atoms with Gasteiger partial charge in [-0.15, -0.1) is 5.10 Å². The van der Waals surface area contributed by atoms with Gasteiger partial charge in [-0.25, -0.2) is 9.48 Å². The van der Waals surface area contributed by atoms with E-state index in [4.69, 9.17) is 5.11 Å². The number of hydrogen-bond acceptors (Lipinski definition) is 4. The quantitative estimate of drug-likeness (QED) is 0.750. The predicted octanol–water partition coefficient (Wildman–Crippen LogP) is -0.0792. The third kappa shape index (κ3) is 3.27. The van der Waals surface area contributed by atoms with Crippen LogP contribution in [-0.2, 0) is 17.8 Å². The number of aromatic carboxylic acids is 1. The second-order valence-corrected chi connectivity index (χ2v) is 4.12. The topological polar surface area (TPSA) is 97.1 Å². The van der Waals surface area contributed by atoms with Crippen LogP contribution in [-0.4, -0.2) is 39.0 Å². The summed E-state index contributed by atoms with van der Waals surface area (Å²) in [5.41, 5.74) is 0.402. The molecule has 1 rings (SSSR count). The Labute approximate surface area is 98.8 Å². The highest BCUT2D eigenvalue weighted by Crippen LogP contribution is 2.11. The van der Waals surface area contributed by atoms with Crippen LogP contribution in [0.2, 0.25) is 0 Å². The minimum Gasteiger partial charge on any atom is -0.476 e. The van der Waals surface area contributed by atoms with Gasteiger partial charge in [-0.1, -0.05) is 19.1 Å². The third-order valence-electron chi connectivity index (χ3n) is 2.21. The van der Waals surface area contributed by atoms with Crippen molar-refractivity contribution in [2.24, 2.45) is 5.92 Å². The molecule has 0 aliphatic carbocycles. The molecule has 0 spiro atoms. The average Bonchev–Trinajstić information content (AvgIpc) is 2.60. The lowest BCUT2D eigenvalue weighted by molar-refractivity contribution is -0.121. The van der Waals surface area contributed by atoms with E-state index in [-0.39, 0.29) is 24.1 Å². The van der Waals surface area contributed by atoms with Crippen molar-refractivity contribution in [2.45, 2.75) is 26.8 Å². The van der Waals surface area contributed by atoms with Gasteiger partial charge in [0.1, 0.15) is 6.54 Å². The lowest BCUT2D eigenvalue weighted by Gasteiger charge is -2.08. The summed E-state index contributed by atoms with van der Waals surface area (Å²) in [6, 6.07) is 0. The van der Waals surface area contributed by atoms with Crippen LogP contribution in [0.15, 0.2) is 0 Å². The van der Waals surface area contributed by atoms with Gasteiger partial charge in [-0.3, -0.25) is 4.79 Å². The van der Waals surface area contributed by atoms with Gasteiger partial charge in [0.2, 0.25) is 5.91 Å². The Morgan fingerprint density at radius 3 is 2.59 bits per heavy atom. The first kappa shape index (κ1) is 13.1. The van der Waals surface area contributed by atoms with Crippen molar-refractivity contribution < 1.29 is 14.7 Å². The molecule has 0 saturated heterocycles. The van der Waals surface area contributed by atoms with Gasteiger partial charge in [-0.2, -0.15) is 0 Å². The van der Waals surface area contributed by atoms with E-state index in [0.717, 1.165) is 0 Å². The molecule has 7 nitrogen and oxygen atoms in total. The van der Waals surface area contributed by atoms with Crippen molar-refractivity contribution in [2.75, 3.05) is 7.05 Å². The molecule has 1 aromatic rings. The number of carboxylic acids is 1. The summed E-state index contributed by atoms with van der Waals surface area (Å²) in [7, 11) is 1.51. The van der Waals surface area contributed by atoms with Crippen LogP contribution in [0.3, 0.4) is 0 Å². The number of amides is 1. The summed E-state index contributed by atoms with van der Waals surface area (Å²) in [5.74, 6) is -1.10. The molecular weight excluding hydrogens is 224 g/mol. The first-order valence-electron chi connectivity index (χ1n) is 5.32. The second-order valence-electron chi connectivity index (χ2n) is 4.12. The summed E-state index contributed by atoms with van der Waals surface area (Å²) in [4.78, 5) is 22.2. The van der Waals surface area contributed by atoms with Crippen molar-refractivity contribution in [3.05, 3.63) is 11.4 Å². The second kappa shape index (κ2) is 5.42. The maximum absolute atomic E-state index is 11.3. The minimum absolute atomic E-state index is 0.0150. The lowest BCUT2D eigenvalue weighted by atomic mass is 10.1. The zero-order chi connectivity index (χ0) is 13.0. The number of likely N-dealkylation sites (N-methyl/N-ethyl adjacent to an activating group) is 1. The van der Waals surface area contributed by atoms with Crippen molar-refractivity contribution in [3.63, 3.8) is 0 Å². The first-order valence-corrected chi connectivity index (χ1v) is 5.32. The van der Waals surface area contributed by atoms with E-state index in [9.17, 15) is 9.59 Å². The van der Waals surface area contributed by atoms with Gasteiger partial charge in [0.05, 0.1) is 5.69 Å². The zero-order valence-corrected chi connectivity index (χ0v) is 10.1. The molecule has 94 valence electrons. The molecule has 1 heterocycles. The molecule has 0 atom stereocenters. The molecule has 0 aromatic carbocycles. The van der Waals surface area contributed by atoms with Gasteiger partial charge in [0, 0.05) is 7.05 Å². The molecule has 0 aliphatic heterocycles. The molecule has 17 heavy (non-hydrogen) atoms. The molecule has 0 saturated carbocycles. The number of hydrogen-bond donors (Lipinski definition) is 2. The number of carboxylic acid groups (broad SMARTS) is 1. The number of rotatable bonds is 5. The Kier molecular flexibility index (Phi) is 4.19. The maximum Gasteiger partial charge on any atom is 0.358 e. The molecule has 2 N–H and O–H groups in total. The SMILES string of the molecule is CNC(=O)Cn1nnc(C(=O)O)c1CC(C)C. The Balaban J connectivity index is 3.04. The van der Waals surface area contributed by atoms with Crippen LogP contribution in [0.25, 0.3) is 0 Å². The normalized spacial score (nSPS) is 10.6. The predicted molar refractivity (Wildman–Crippen MR) is 59.6 cm³/mol. The van der Waals surface area contributed by atoms with Crippen LogP contribution in [0.5, 0.6) is 0 Å². The van der Waals surface area contributed by atoms with E-state index >= 15 is 0 Å². The standard InChI is InChI=1S/C10H16N4O3/c1-6(2)4-7-9(10(16)17)12-13-14(7)5-8(15)11-3/h6H,4-5H2,1-3H3,(H,11,15)(H,16,17). The van der Waals surface area contributed by atoms with Gasteiger partial charge in [0.25, 0.3) is 0 Å². The van der Waals surface area contributed by atoms with Gasteiger partial charge in [-0.05, 0) is 12.3 Å². The Morgan fingerprint density at radius 2 is 2.12 bits per heavy atom. The minimum atomic E-state index is -1.12. The van der Waals surface area contributed by atoms with Crippen molar-refractivity contribution in [1.29, 1.82) is 0 Å². The molecule has 1 amide bonds. The summed E-state index contributed by atoms with van der Waals surface area (Å²) < 4.78 is 1.34. The first-order chi connectivity index (χ1) is 7.95. The van der Waals surface area contributed by atoms with E-state index in [1.54, 1.807) is 0 Å². The number of aromatic nitrogens is 3. The molecule has 0 radical (unpaired) electrons. The highest BCUT2D eigenvalue weighted by Gasteiger charge is 2.20. The summed E-state index contributed by atoms with van der Waals surface area (Å²) in [5, 5.41) is 18.7. The van der Waals surface area contributed by atoms with Crippen molar-refractivity contribution in [1.82, 2.24) is 20.3 Å². The largest absolute Gasteiger partial charge is 0.476 e. The Morgan fingerprint density at radius 1 is 1.47 bits per heavy atom. The number of carbonyl (C=O) groups excluding carboxylic acids is 1. The lowest BCUT2D eigenvalue weighted by Crippen LogP contribution is -2.25. The molecular formula is C10H16N4O3. The highest BCUT2D eigenvalue weighted by atomic mass is 16.4. The van der Waals surface area contributed by atoms with E-state index < -0.39 is 5.97 Å². The molecule has 0 aliphatic rings. The van der Waals surface area contributed by atoms with Gasteiger partial charge >= 0.3 is 5.97 Å². The molecule has 1 aromatic heterocycles. The van der Waals surface area contributed by atoms with Crippen LogP contribution in [0, 0.1) is 5.92 Å². The van der Waals surface area contributed by atoms with Crippen LogP contribution in [0.1, 0.15) is 30.0 Å². The Hall–Kier alpha value is -1.92. The summed E-state index contributed by atoms with van der Waals surface area (Å²) in [6.45, 7) is 3.91. The fourth-order valence-corrected chi connectivity index (χ4v) is 1.43. The van der Waals surface area contributed by atoms with E-state index in [1.165, 1.54) is 11.7 Å². The van der Waals surface area contributed by atoms with Crippen LogP contribution in [0.4, 0.5) is 0 Å². The molecule has 0 fully saturated rings. The molecule has 0 bridgehead atoms. The molecule has 0 unspecified atom stereocenters. The third-order valence-corrected chi connectivity index (χ3v) is 2.21. The van der Waals surface area contributed by atoms with E-state index in [2.05, 4.69) is 15.6 Å². The monoisotopic (exact) mass is 240 g/mol. The average molecular weight is 240 g/mol. The van der Waals surface area contributed by atoms with E-state index in [0.29, 0.717) is 12.1 Å². The summed E-state index contributed by atoms with van der Waals surface area (Å²) >= 11 is 0. The number of carbonyl (C=O) groups is 2. The maximum atomic E-state index is 11.3. The zero-order valence-electron chi connectivity index (χ0n) is 10.1. The number of nitrogens with one attached hydrogen (secondary N) is 1. The number of nitrogens with zero attached hydrogens (tertiary/aromatic N) is 3. The highest BCUT2D eigenvalue weighted by molar-refractivity contribution is 5.86. The van der Waals surface area contributed by atoms with Crippen LogP contribution >= 0.6 is 0 Å². The fraction of sp³-hybridized carbons (Fsp3) is 0.600. The summed E-state index contributed by atoms with van der Waals surface area (Å²) in [6.07, 6.45) is 0.519.